The third kappa shape index (κ3) is 2.74. The number of para-hydroxylation sites is 1. The summed E-state index contributed by atoms with van der Waals surface area (Å²) in [6.07, 6.45) is 1.09. The Morgan fingerprint density at radius 1 is 1.09 bits per heavy atom. The fourth-order valence-corrected chi connectivity index (χ4v) is 3.02. The lowest BCUT2D eigenvalue weighted by Crippen LogP contribution is -2.30. The molecule has 0 amide bonds. The molecule has 22 heavy (non-hydrogen) atoms. The van der Waals surface area contributed by atoms with Crippen molar-refractivity contribution in [3.8, 4) is 11.5 Å². The monoisotopic (exact) mass is 298 g/mol. The van der Waals surface area contributed by atoms with Crippen LogP contribution in [0.2, 0.25) is 0 Å². The van der Waals surface area contributed by atoms with E-state index in [0.717, 1.165) is 36.6 Å². The molecule has 0 aromatic heterocycles. The SMILES string of the molecule is COc1ccc(C(N)CN2CCc3ccccc32)cc1OC. The van der Waals surface area contributed by atoms with E-state index in [9.17, 15) is 0 Å². The van der Waals surface area contributed by atoms with E-state index in [4.69, 9.17) is 15.2 Å². The number of rotatable bonds is 5. The van der Waals surface area contributed by atoms with E-state index in [-0.39, 0.29) is 6.04 Å². The highest BCUT2D eigenvalue weighted by molar-refractivity contribution is 5.58. The van der Waals surface area contributed by atoms with Crippen LogP contribution < -0.4 is 20.1 Å². The third-order valence-electron chi connectivity index (χ3n) is 4.24. The number of hydrogen-bond acceptors (Lipinski definition) is 4. The van der Waals surface area contributed by atoms with Gasteiger partial charge in [-0.25, -0.2) is 0 Å². The van der Waals surface area contributed by atoms with E-state index < -0.39 is 0 Å². The average Bonchev–Trinajstić information content (AvgIpc) is 2.97. The van der Waals surface area contributed by atoms with Gasteiger partial charge in [-0.05, 0) is 35.7 Å². The van der Waals surface area contributed by atoms with Gasteiger partial charge in [-0.3, -0.25) is 0 Å². The molecule has 2 aromatic carbocycles. The van der Waals surface area contributed by atoms with Crippen molar-refractivity contribution >= 4 is 5.69 Å². The van der Waals surface area contributed by atoms with Gasteiger partial charge >= 0.3 is 0 Å². The highest BCUT2D eigenvalue weighted by atomic mass is 16.5. The Morgan fingerprint density at radius 2 is 1.86 bits per heavy atom. The van der Waals surface area contributed by atoms with Gasteiger partial charge in [0.15, 0.2) is 11.5 Å². The van der Waals surface area contributed by atoms with Crippen molar-refractivity contribution < 1.29 is 9.47 Å². The van der Waals surface area contributed by atoms with Gasteiger partial charge in [0.25, 0.3) is 0 Å². The van der Waals surface area contributed by atoms with Crippen molar-refractivity contribution in [1.82, 2.24) is 0 Å². The lowest BCUT2D eigenvalue weighted by Gasteiger charge is -2.24. The van der Waals surface area contributed by atoms with Crippen LogP contribution in [0.3, 0.4) is 0 Å². The van der Waals surface area contributed by atoms with Crippen LogP contribution in [0.5, 0.6) is 11.5 Å². The van der Waals surface area contributed by atoms with E-state index >= 15 is 0 Å². The molecule has 0 aliphatic carbocycles. The number of nitrogens with two attached hydrogens (primary N) is 1. The summed E-state index contributed by atoms with van der Waals surface area (Å²) in [7, 11) is 3.28. The van der Waals surface area contributed by atoms with Crippen LogP contribution in [-0.4, -0.2) is 27.3 Å². The highest BCUT2D eigenvalue weighted by Crippen LogP contribution is 2.32. The first-order valence-electron chi connectivity index (χ1n) is 7.53. The molecule has 0 radical (unpaired) electrons. The zero-order valence-corrected chi connectivity index (χ0v) is 13.1. The predicted molar refractivity (Wildman–Crippen MR) is 88.8 cm³/mol. The number of methoxy groups -OCH3 is 2. The fraction of sp³-hybridized carbons (Fsp3) is 0.333. The maximum absolute atomic E-state index is 6.41. The van der Waals surface area contributed by atoms with Crippen molar-refractivity contribution in [2.75, 3.05) is 32.2 Å². The van der Waals surface area contributed by atoms with Crippen LogP contribution in [0.25, 0.3) is 0 Å². The van der Waals surface area contributed by atoms with E-state index in [2.05, 4.69) is 29.2 Å². The zero-order valence-electron chi connectivity index (χ0n) is 13.1. The Morgan fingerprint density at radius 3 is 2.64 bits per heavy atom. The molecule has 1 aliphatic heterocycles. The molecule has 0 fully saturated rings. The first kappa shape index (κ1) is 14.7. The largest absolute Gasteiger partial charge is 0.493 e. The number of fused-ring (bicyclic) bond motifs is 1. The molecular weight excluding hydrogens is 276 g/mol. The average molecular weight is 298 g/mol. The Bertz CT molecular complexity index is 657. The van der Waals surface area contributed by atoms with Crippen LogP contribution in [0.15, 0.2) is 42.5 Å². The van der Waals surface area contributed by atoms with Crippen molar-refractivity contribution in [3.63, 3.8) is 0 Å². The first-order chi connectivity index (χ1) is 10.7. The topological polar surface area (TPSA) is 47.7 Å². The number of hydrogen-bond donors (Lipinski definition) is 1. The Hall–Kier alpha value is -2.20. The van der Waals surface area contributed by atoms with E-state index in [1.807, 2.05) is 18.2 Å². The second-order valence-electron chi connectivity index (χ2n) is 5.55. The molecule has 0 saturated carbocycles. The number of anilines is 1. The molecule has 3 rings (SSSR count). The zero-order chi connectivity index (χ0) is 15.5. The van der Waals surface area contributed by atoms with Gasteiger partial charge in [-0.2, -0.15) is 0 Å². The lowest BCUT2D eigenvalue weighted by atomic mass is 10.1. The summed E-state index contributed by atoms with van der Waals surface area (Å²) in [4.78, 5) is 2.36. The van der Waals surface area contributed by atoms with Crippen LogP contribution in [0.1, 0.15) is 17.2 Å². The van der Waals surface area contributed by atoms with E-state index in [0.29, 0.717) is 0 Å². The normalized spacial score (nSPS) is 14.6. The highest BCUT2D eigenvalue weighted by Gasteiger charge is 2.21. The summed E-state index contributed by atoms with van der Waals surface area (Å²) < 4.78 is 10.6. The molecule has 0 saturated heterocycles. The van der Waals surface area contributed by atoms with Gasteiger partial charge in [-0.1, -0.05) is 24.3 Å². The summed E-state index contributed by atoms with van der Waals surface area (Å²) in [6, 6.07) is 14.4. The molecule has 1 heterocycles. The number of nitrogens with zero attached hydrogens (tertiary/aromatic N) is 1. The second-order valence-corrected chi connectivity index (χ2v) is 5.55. The molecule has 1 unspecified atom stereocenters. The quantitative estimate of drug-likeness (QED) is 0.922. The lowest BCUT2D eigenvalue weighted by molar-refractivity contribution is 0.354. The summed E-state index contributed by atoms with van der Waals surface area (Å²) in [5, 5.41) is 0. The Kier molecular flexibility index (Phi) is 4.20. The molecule has 1 aliphatic rings. The molecular formula is C18H22N2O2. The fourth-order valence-electron chi connectivity index (χ4n) is 3.02. The standard InChI is InChI=1S/C18H22N2O2/c1-21-17-8-7-14(11-18(17)22-2)15(19)12-20-10-9-13-5-3-4-6-16(13)20/h3-8,11,15H,9-10,12,19H2,1-2H3. The van der Waals surface area contributed by atoms with Crippen LogP contribution in [0.4, 0.5) is 5.69 Å². The summed E-state index contributed by atoms with van der Waals surface area (Å²) in [5.41, 5.74) is 10.2. The van der Waals surface area contributed by atoms with Crippen LogP contribution in [0, 0.1) is 0 Å². The number of benzene rings is 2. The first-order valence-corrected chi connectivity index (χ1v) is 7.53. The molecule has 2 N–H and O–H groups in total. The van der Waals surface area contributed by atoms with Gasteiger partial charge < -0.3 is 20.1 Å². The second kappa shape index (κ2) is 6.28. The minimum Gasteiger partial charge on any atom is -0.493 e. The van der Waals surface area contributed by atoms with E-state index in [1.165, 1.54) is 11.3 Å². The summed E-state index contributed by atoms with van der Waals surface area (Å²) in [6.45, 7) is 1.83. The minimum absolute atomic E-state index is 0.0639. The molecule has 4 heteroatoms. The van der Waals surface area contributed by atoms with Crippen molar-refractivity contribution in [3.05, 3.63) is 53.6 Å². The molecule has 0 bridgehead atoms. The molecule has 116 valence electrons. The van der Waals surface area contributed by atoms with Gasteiger partial charge in [0, 0.05) is 24.8 Å². The maximum atomic E-state index is 6.41. The predicted octanol–water partition coefficient (Wildman–Crippen LogP) is 2.77. The molecule has 2 aromatic rings. The minimum atomic E-state index is -0.0639. The van der Waals surface area contributed by atoms with Crippen molar-refractivity contribution in [2.24, 2.45) is 5.73 Å². The van der Waals surface area contributed by atoms with E-state index in [1.54, 1.807) is 14.2 Å². The van der Waals surface area contributed by atoms with Gasteiger partial charge in [0.2, 0.25) is 0 Å². The Balaban J connectivity index is 1.77. The number of ether oxygens (including phenoxy) is 2. The third-order valence-corrected chi connectivity index (χ3v) is 4.24. The van der Waals surface area contributed by atoms with Crippen LogP contribution in [-0.2, 0) is 6.42 Å². The molecule has 0 spiro atoms. The van der Waals surface area contributed by atoms with Gasteiger partial charge in [-0.15, -0.1) is 0 Å². The van der Waals surface area contributed by atoms with Gasteiger partial charge in [0.1, 0.15) is 0 Å². The molecule has 1 atom stereocenters. The summed E-state index contributed by atoms with van der Waals surface area (Å²) >= 11 is 0. The Labute approximate surface area is 131 Å². The molecule has 4 nitrogen and oxygen atoms in total. The maximum Gasteiger partial charge on any atom is 0.161 e. The summed E-state index contributed by atoms with van der Waals surface area (Å²) in [5.74, 6) is 1.45. The van der Waals surface area contributed by atoms with Gasteiger partial charge in [0.05, 0.1) is 14.2 Å². The van der Waals surface area contributed by atoms with Crippen LogP contribution >= 0.6 is 0 Å². The van der Waals surface area contributed by atoms with Crippen molar-refractivity contribution in [2.45, 2.75) is 12.5 Å². The van der Waals surface area contributed by atoms with Crippen molar-refractivity contribution in [1.29, 1.82) is 0 Å². The smallest absolute Gasteiger partial charge is 0.161 e.